The number of benzene rings is 1. The molecule has 8 nitrogen and oxygen atoms in total. The molecule has 0 radical (unpaired) electrons. The van der Waals surface area contributed by atoms with Gasteiger partial charge >= 0.3 is 5.97 Å². The first kappa shape index (κ1) is 17.6. The third-order valence-corrected chi connectivity index (χ3v) is 4.28. The lowest BCUT2D eigenvalue weighted by Crippen LogP contribution is -2.21. The van der Waals surface area contributed by atoms with E-state index in [-0.39, 0.29) is 11.4 Å². The lowest BCUT2D eigenvalue weighted by Gasteiger charge is -2.04. The Morgan fingerprint density at radius 1 is 1.27 bits per heavy atom. The number of nitrogen functional groups attached to an aromatic ring is 1. The Bertz CT molecular complexity index is 927. The Labute approximate surface area is 153 Å². The number of hydrogen-bond donors (Lipinski definition) is 2. The molecule has 0 atom stereocenters. The lowest BCUT2D eigenvalue weighted by atomic mass is 10.1. The van der Waals surface area contributed by atoms with Gasteiger partial charge in [-0.15, -0.1) is 11.3 Å². The number of thiazole rings is 1. The molecule has 0 aliphatic carbocycles. The van der Waals surface area contributed by atoms with Crippen molar-refractivity contribution in [3.63, 3.8) is 0 Å². The molecule has 0 spiro atoms. The predicted molar refractivity (Wildman–Crippen MR) is 96.9 cm³/mol. The number of aromatic nitrogens is 2. The summed E-state index contributed by atoms with van der Waals surface area (Å²) in [7, 11) is 0. The van der Waals surface area contributed by atoms with E-state index in [1.165, 1.54) is 11.3 Å². The molecule has 9 heteroatoms. The quantitative estimate of drug-likeness (QED) is 0.661. The third-order valence-electron chi connectivity index (χ3n) is 3.53. The SMILES string of the molecule is Cc1ccc(-c2csc(NC(=O)COC(=O)c3c(C)noc3N)n2)cc1. The zero-order valence-electron chi connectivity index (χ0n) is 14.1. The number of aryl methyl sites for hydroxylation is 2. The number of nitrogens with two attached hydrogens (primary N) is 1. The zero-order valence-corrected chi connectivity index (χ0v) is 14.9. The molecule has 0 saturated carbocycles. The van der Waals surface area contributed by atoms with Gasteiger partial charge in [-0.2, -0.15) is 0 Å². The fourth-order valence-corrected chi connectivity index (χ4v) is 2.92. The Balaban J connectivity index is 1.57. The molecule has 1 aromatic carbocycles. The fourth-order valence-electron chi connectivity index (χ4n) is 2.18. The molecule has 2 aromatic heterocycles. The van der Waals surface area contributed by atoms with Gasteiger partial charge in [-0.05, 0) is 13.8 Å². The molecule has 3 N–H and O–H groups in total. The summed E-state index contributed by atoms with van der Waals surface area (Å²) in [5.74, 6) is -1.41. The maximum Gasteiger partial charge on any atom is 0.346 e. The van der Waals surface area contributed by atoms with Gasteiger partial charge < -0.3 is 15.0 Å². The van der Waals surface area contributed by atoms with Gasteiger partial charge in [-0.25, -0.2) is 9.78 Å². The van der Waals surface area contributed by atoms with E-state index in [1.54, 1.807) is 6.92 Å². The molecular formula is C17H16N4O4S. The van der Waals surface area contributed by atoms with E-state index in [2.05, 4.69) is 20.0 Å². The minimum atomic E-state index is -0.768. The van der Waals surface area contributed by atoms with E-state index >= 15 is 0 Å². The molecule has 134 valence electrons. The van der Waals surface area contributed by atoms with Crippen LogP contribution in [0.5, 0.6) is 0 Å². The summed E-state index contributed by atoms with van der Waals surface area (Å²) >= 11 is 1.29. The number of carbonyl (C=O) groups excluding carboxylic acids is 2. The number of esters is 1. The van der Waals surface area contributed by atoms with E-state index < -0.39 is 18.5 Å². The van der Waals surface area contributed by atoms with Crippen LogP contribution in [0.4, 0.5) is 11.0 Å². The van der Waals surface area contributed by atoms with Gasteiger partial charge in [-0.1, -0.05) is 35.0 Å². The highest BCUT2D eigenvalue weighted by atomic mass is 32.1. The molecule has 0 saturated heterocycles. The van der Waals surface area contributed by atoms with Crippen molar-refractivity contribution < 1.29 is 18.8 Å². The Hall–Kier alpha value is -3.20. The monoisotopic (exact) mass is 372 g/mol. The number of rotatable bonds is 5. The van der Waals surface area contributed by atoms with Crippen LogP contribution in [-0.4, -0.2) is 28.6 Å². The fraction of sp³-hybridized carbons (Fsp3) is 0.176. The maximum absolute atomic E-state index is 12.0. The minimum absolute atomic E-state index is 0.0219. The van der Waals surface area contributed by atoms with Gasteiger partial charge in [0.05, 0.1) is 11.4 Å². The van der Waals surface area contributed by atoms with Crippen molar-refractivity contribution >= 4 is 34.2 Å². The van der Waals surface area contributed by atoms with Gasteiger partial charge in [-0.3, -0.25) is 10.1 Å². The highest BCUT2D eigenvalue weighted by Gasteiger charge is 2.21. The first-order valence-electron chi connectivity index (χ1n) is 7.65. The van der Waals surface area contributed by atoms with Crippen LogP contribution >= 0.6 is 11.3 Å². The Morgan fingerprint density at radius 3 is 2.65 bits per heavy atom. The molecule has 0 unspecified atom stereocenters. The molecule has 3 aromatic rings. The second-order valence-electron chi connectivity index (χ2n) is 5.54. The van der Waals surface area contributed by atoms with E-state index in [1.807, 2.05) is 36.6 Å². The second kappa shape index (κ2) is 7.36. The van der Waals surface area contributed by atoms with E-state index in [9.17, 15) is 9.59 Å². The summed E-state index contributed by atoms with van der Waals surface area (Å²) in [6, 6.07) is 7.91. The summed E-state index contributed by atoms with van der Waals surface area (Å²) < 4.78 is 9.62. The number of nitrogens with zero attached hydrogens (tertiary/aromatic N) is 2. The lowest BCUT2D eigenvalue weighted by molar-refractivity contribution is -0.119. The average molecular weight is 372 g/mol. The molecular weight excluding hydrogens is 356 g/mol. The largest absolute Gasteiger partial charge is 0.452 e. The number of ether oxygens (including phenoxy) is 1. The van der Waals surface area contributed by atoms with E-state index in [0.717, 1.165) is 16.8 Å². The summed E-state index contributed by atoms with van der Waals surface area (Å²) in [6.07, 6.45) is 0. The summed E-state index contributed by atoms with van der Waals surface area (Å²) in [5, 5.41) is 8.41. The molecule has 2 heterocycles. The van der Waals surface area contributed by atoms with Gasteiger partial charge in [0, 0.05) is 10.9 Å². The molecule has 0 bridgehead atoms. The Morgan fingerprint density at radius 2 is 2.00 bits per heavy atom. The minimum Gasteiger partial charge on any atom is -0.452 e. The summed E-state index contributed by atoms with van der Waals surface area (Å²) in [6.45, 7) is 3.09. The van der Waals surface area contributed by atoms with Crippen LogP contribution in [0.15, 0.2) is 34.2 Å². The van der Waals surface area contributed by atoms with Crippen molar-refractivity contribution in [3.05, 3.63) is 46.5 Å². The third kappa shape index (κ3) is 3.89. The maximum atomic E-state index is 12.0. The predicted octanol–water partition coefficient (Wildman–Crippen LogP) is 2.79. The molecule has 3 rings (SSSR count). The highest BCUT2D eigenvalue weighted by molar-refractivity contribution is 7.14. The van der Waals surface area contributed by atoms with Crippen LogP contribution in [0, 0.1) is 13.8 Å². The topological polar surface area (TPSA) is 120 Å². The van der Waals surface area contributed by atoms with Crippen molar-refractivity contribution in [2.45, 2.75) is 13.8 Å². The van der Waals surface area contributed by atoms with E-state index in [0.29, 0.717) is 10.8 Å². The van der Waals surface area contributed by atoms with E-state index in [4.69, 9.17) is 10.5 Å². The highest BCUT2D eigenvalue weighted by Crippen LogP contribution is 2.25. The second-order valence-corrected chi connectivity index (χ2v) is 6.39. The molecule has 0 aliphatic rings. The van der Waals surface area contributed by atoms with Crippen LogP contribution in [0.25, 0.3) is 11.3 Å². The van der Waals surface area contributed by atoms with Crippen LogP contribution in [-0.2, 0) is 9.53 Å². The summed E-state index contributed by atoms with van der Waals surface area (Å²) in [5.41, 5.74) is 8.69. The average Bonchev–Trinajstić information content (AvgIpc) is 3.20. The van der Waals surface area contributed by atoms with Gasteiger partial charge in [0.2, 0.25) is 5.88 Å². The normalized spacial score (nSPS) is 10.5. The van der Waals surface area contributed by atoms with Gasteiger partial charge in [0.1, 0.15) is 5.56 Å². The number of nitrogens with one attached hydrogen (secondary N) is 1. The number of anilines is 2. The van der Waals surface area contributed by atoms with Crippen LogP contribution < -0.4 is 11.1 Å². The molecule has 1 amide bonds. The van der Waals surface area contributed by atoms with Gasteiger partial charge in [0.15, 0.2) is 11.7 Å². The van der Waals surface area contributed by atoms with Crippen molar-refractivity contribution in [2.24, 2.45) is 0 Å². The standard InChI is InChI=1S/C17H16N4O4S/c1-9-3-5-11(6-4-9)12-8-26-17(19-12)20-13(22)7-24-16(23)14-10(2)21-25-15(14)18/h3-6,8H,7,18H2,1-2H3,(H,19,20,22). The van der Waals surface area contributed by atoms with Crippen molar-refractivity contribution in [3.8, 4) is 11.3 Å². The number of amides is 1. The zero-order chi connectivity index (χ0) is 18.7. The van der Waals surface area contributed by atoms with Crippen LogP contribution in [0.3, 0.4) is 0 Å². The first-order valence-corrected chi connectivity index (χ1v) is 8.53. The summed E-state index contributed by atoms with van der Waals surface area (Å²) in [4.78, 5) is 28.2. The van der Waals surface area contributed by atoms with Gasteiger partial charge in [0.25, 0.3) is 5.91 Å². The molecule has 26 heavy (non-hydrogen) atoms. The van der Waals surface area contributed by atoms with Crippen molar-refractivity contribution in [1.29, 1.82) is 0 Å². The molecule has 0 fully saturated rings. The smallest absolute Gasteiger partial charge is 0.346 e. The van der Waals surface area contributed by atoms with Crippen LogP contribution in [0.1, 0.15) is 21.6 Å². The van der Waals surface area contributed by atoms with Crippen molar-refractivity contribution in [2.75, 3.05) is 17.7 Å². The molecule has 0 aliphatic heterocycles. The first-order chi connectivity index (χ1) is 12.4. The van der Waals surface area contributed by atoms with Crippen molar-refractivity contribution in [1.82, 2.24) is 10.1 Å². The van der Waals surface area contributed by atoms with Crippen LogP contribution in [0.2, 0.25) is 0 Å². The Kier molecular flexibility index (Phi) is 4.99. The number of carbonyl (C=O) groups is 2. The number of hydrogen-bond acceptors (Lipinski definition) is 8.